The van der Waals surface area contributed by atoms with E-state index in [1.165, 1.54) is 0 Å². The third-order valence-corrected chi connectivity index (χ3v) is 3.16. The SMILES string of the molecule is C1=NCCOCCOCCOCCN=C=NCCOCCOCCOCCN=1. The van der Waals surface area contributed by atoms with Crippen LogP contribution in [-0.4, -0.2) is 117 Å². The van der Waals surface area contributed by atoms with Gasteiger partial charge in [0.05, 0.1) is 117 Å². The molecule has 1 aliphatic heterocycles. The molecular weight excluding hydrogens is 368 g/mol. The van der Waals surface area contributed by atoms with E-state index in [1.54, 1.807) is 0 Å². The lowest BCUT2D eigenvalue weighted by Crippen LogP contribution is -2.11. The fourth-order valence-corrected chi connectivity index (χ4v) is 1.82. The Morgan fingerprint density at radius 1 is 0.321 bits per heavy atom. The molecule has 0 saturated heterocycles. The maximum atomic E-state index is 5.40. The zero-order valence-electron chi connectivity index (χ0n) is 16.6. The Morgan fingerprint density at radius 2 is 0.536 bits per heavy atom. The van der Waals surface area contributed by atoms with Crippen LogP contribution in [0.2, 0.25) is 0 Å². The highest BCUT2D eigenvalue weighted by atomic mass is 16.5. The van der Waals surface area contributed by atoms with Crippen molar-refractivity contribution in [3.05, 3.63) is 0 Å². The van der Waals surface area contributed by atoms with E-state index in [0.29, 0.717) is 105 Å². The summed E-state index contributed by atoms with van der Waals surface area (Å²) in [7, 11) is 0. The van der Waals surface area contributed by atoms with Crippen molar-refractivity contribution in [3.63, 3.8) is 0 Å². The van der Waals surface area contributed by atoms with Crippen LogP contribution in [0.25, 0.3) is 0 Å². The van der Waals surface area contributed by atoms with Gasteiger partial charge in [0.15, 0.2) is 0 Å². The van der Waals surface area contributed by atoms with Gasteiger partial charge in [-0.1, -0.05) is 0 Å². The van der Waals surface area contributed by atoms with Crippen molar-refractivity contribution in [2.75, 3.05) is 105 Å². The van der Waals surface area contributed by atoms with Crippen molar-refractivity contribution in [2.24, 2.45) is 20.0 Å². The number of hydrogen-bond donors (Lipinski definition) is 0. The summed E-state index contributed by atoms with van der Waals surface area (Å²) in [6.07, 6.45) is 0. The fourth-order valence-electron chi connectivity index (χ4n) is 1.82. The Balaban J connectivity index is 2.15. The van der Waals surface area contributed by atoms with Crippen LogP contribution in [0.15, 0.2) is 20.0 Å². The third-order valence-electron chi connectivity index (χ3n) is 3.16. The molecule has 0 atom stereocenters. The minimum absolute atomic E-state index is 0.513. The van der Waals surface area contributed by atoms with Gasteiger partial charge in [-0.25, -0.2) is 20.0 Å². The molecule has 0 aliphatic carbocycles. The first-order chi connectivity index (χ1) is 14.0. The first-order valence-corrected chi connectivity index (χ1v) is 9.62. The summed E-state index contributed by atoms with van der Waals surface area (Å²) in [5, 5.41) is 0. The molecular formula is C18H32N4O6. The van der Waals surface area contributed by atoms with Gasteiger partial charge in [-0.05, 0) is 0 Å². The number of nitrogens with zero attached hydrogens (tertiary/aromatic N) is 4. The quantitative estimate of drug-likeness (QED) is 0.585. The second-order valence-corrected chi connectivity index (χ2v) is 5.40. The lowest BCUT2D eigenvalue weighted by molar-refractivity contribution is 0.0174. The predicted molar refractivity (Wildman–Crippen MR) is 104 cm³/mol. The number of aliphatic imine (C=N–C) groups is 4. The van der Waals surface area contributed by atoms with Crippen LogP contribution >= 0.6 is 0 Å². The molecule has 0 saturated carbocycles. The lowest BCUT2D eigenvalue weighted by Gasteiger charge is -2.05. The molecule has 10 heteroatoms. The van der Waals surface area contributed by atoms with Gasteiger partial charge < -0.3 is 28.4 Å². The highest BCUT2D eigenvalue weighted by Gasteiger charge is 1.92. The van der Waals surface area contributed by atoms with Crippen LogP contribution in [0.5, 0.6) is 0 Å². The van der Waals surface area contributed by atoms with Crippen LogP contribution in [0.1, 0.15) is 0 Å². The van der Waals surface area contributed by atoms with Crippen molar-refractivity contribution >= 4 is 12.0 Å². The maximum absolute atomic E-state index is 5.40. The average Bonchev–Trinajstić information content (AvgIpc) is 2.71. The zero-order valence-corrected chi connectivity index (χ0v) is 16.6. The first kappa shape index (κ1) is 24.6. The summed E-state index contributed by atoms with van der Waals surface area (Å²) in [4.78, 5) is 16.1. The Bertz CT molecular complexity index is 391. The monoisotopic (exact) mass is 400 g/mol. The van der Waals surface area contributed by atoms with E-state index in [9.17, 15) is 0 Å². The summed E-state index contributed by atoms with van der Waals surface area (Å²) >= 11 is 0. The highest BCUT2D eigenvalue weighted by molar-refractivity contribution is 5.41. The standard InChI is InChI=1S/C18H32N4O6/c1-5-23-9-13-27-14-10-25-7-3-21-18-22-4-8-26-12-16-28-15-11-24-6-2-20-17-19-1/h1-16H2. The van der Waals surface area contributed by atoms with E-state index in [4.69, 9.17) is 28.4 Å². The van der Waals surface area contributed by atoms with Gasteiger partial charge in [0.2, 0.25) is 0 Å². The van der Waals surface area contributed by atoms with E-state index in [2.05, 4.69) is 32.0 Å². The molecule has 0 aromatic rings. The molecule has 160 valence electrons. The summed E-state index contributed by atoms with van der Waals surface area (Å²) in [5.74, 6) is 0. The molecule has 0 spiro atoms. The van der Waals surface area contributed by atoms with Crippen molar-refractivity contribution in [2.45, 2.75) is 0 Å². The fraction of sp³-hybridized carbons (Fsp3) is 0.889. The van der Waals surface area contributed by atoms with E-state index in [1.807, 2.05) is 0 Å². The van der Waals surface area contributed by atoms with E-state index < -0.39 is 0 Å². The van der Waals surface area contributed by atoms with E-state index in [0.717, 1.165) is 0 Å². The minimum Gasteiger partial charge on any atom is -0.377 e. The van der Waals surface area contributed by atoms with Crippen molar-refractivity contribution < 1.29 is 28.4 Å². The van der Waals surface area contributed by atoms with Gasteiger partial charge in [-0.3, -0.25) is 0 Å². The Morgan fingerprint density at radius 3 is 0.786 bits per heavy atom. The van der Waals surface area contributed by atoms with E-state index >= 15 is 0 Å². The van der Waals surface area contributed by atoms with Crippen molar-refractivity contribution in [3.8, 4) is 0 Å². The van der Waals surface area contributed by atoms with Crippen molar-refractivity contribution in [1.82, 2.24) is 0 Å². The molecule has 0 amide bonds. The smallest absolute Gasteiger partial charge is 0.0894 e. The summed E-state index contributed by atoms with van der Waals surface area (Å²) < 4.78 is 32.4. The maximum Gasteiger partial charge on any atom is 0.0894 e. The number of rotatable bonds is 0. The lowest BCUT2D eigenvalue weighted by atomic mass is 10.6. The van der Waals surface area contributed by atoms with Gasteiger partial charge in [-0.15, -0.1) is 0 Å². The van der Waals surface area contributed by atoms with Crippen LogP contribution in [0.3, 0.4) is 0 Å². The van der Waals surface area contributed by atoms with Crippen LogP contribution < -0.4 is 0 Å². The van der Waals surface area contributed by atoms with Crippen molar-refractivity contribution in [1.29, 1.82) is 0 Å². The van der Waals surface area contributed by atoms with Gasteiger partial charge in [-0.2, -0.15) is 0 Å². The summed E-state index contributed by atoms with van der Waals surface area (Å²) in [5.41, 5.74) is 0. The molecule has 0 aromatic heterocycles. The highest BCUT2D eigenvalue weighted by Crippen LogP contribution is 1.84. The third kappa shape index (κ3) is 19.3. The molecule has 0 aromatic carbocycles. The molecule has 28 heavy (non-hydrogen) atoms. The molecule has 0 fully saturated rings. The first-order valence-electron chi connectivity index (χ1n) is 9.62. The van der Waals surface area contributed by atoms with Crippen LogP contribution in [-0.2, 0) is 28.4 Å². The topological polar surface area (TPSA) is 105 Å². The molecule has 0 radical (unpaired) electrons. The normalized spacial score (nSPS) is 21.7. The second kappa shape index (κ2) is 21.8. The van der Waals surface area contributed by atoms with E-state index in [-0.39, 0.29) is 0 Å². The summed E-state index contributed by atoms with van der Waals surface area (Å²) in [6, 6.07) is 5.26. The minimum atomic E-state index is 0.513. The Kier molecular flexibility index (Phi) is 19.1. The van der Waals surface area contributed by atoms with Gasteiger partial charge in [0.1, 0.15) is 0 Å². The predicted octanol–water partition coefficient (Wildman–Crippen LogP) is 0.447. The number of ether oxygens (including phenoxy) is 6. The second-order valence-electron chi connectivity index (χ2n) is 5.40. The largest absolute Gasteiger partial charge is 0.377 e. The average molecular weight is 400 g/mol. The molecule has 0 bridgehead atoms. The molecule has 0 unspecified atom stereocenters. The van der Waals surface area contributed by atoms with Crippen LogP contribution in [0.4, 0.5) is 0 Å². The molecule has 1 aliphatic rings. The number of hydrogen-bond acceptors (Lipinski definition) is 10. The zero-order chi connectivity index (χ0) is 19.8. The Hall–Kier alpha value is -1.48. The molecule has 1 rings (SSSR count). The molecule has 1 heterocycles. The van der Waals surface area contributed by atoms with Crippen LogP contribution in [0, 0.1) is 0 Å². The Labute approximate surface area is 166 Å². The molecule has 10 nitrogen and oxygen atoms in total. The van der Waals surface area contributed by atoms with Gasteiger partial charge >= 0.3 is 0 Å². The molecule has 0 N–H and O–H groups in total. The van der Waals surface area contributed by atoms with Gasteiger partial charge in [0.25, 0.3) is 0 Å². The van der Waals surface area contributed by atoms with Gasteiger partial charge in [0, 0.05) is 0 Å². The summed E-state index contributed by atoms with van der Waals surface area (Å²) in [6.45, 7) is 8.31.